The normalized spacial score (nSPS) is 27.7. The standard InChI is InChI=1S/C20H26N2O6/c1-2-11-3-5-12(6-4-11)7-13-8-21-14(9-23)16(22-13)20-19(27)18(26)17(25)15(10-24)28-20/h3-6,8,15,17-20,23-27H,2,7,9-10H2,1H3/t15-,17-,18+,19-,20+/m1/s1. The molecule has 1 aromatic heterocycles. The highest BCUT2D eigenvalue weighted by atomic mass is 16.5. The molecule has 0 radical (unpaired) electrons. The predicted molar refractivity (Wildman–Crippen MR) is 99.3 cm³/mol. The van der Waals surface area contributed by atoms with Gasteiger partial charge < -0.3 is 30.3 Å². The molecule has 8 heteroatoms. The maximum atomic E-state index is 10.4. The Morgan fingerprint density at radius 1 is 0.964 bits per heavy atom. The van der Waals surface area contributed by atoms with E-state index in [-0.39, 0.29) is 11.4 Å². The summed E-state index contributed by atoms with van der Waals surface area (Å²) in [6, 6.07) is 8.11. The van der Waals surface area contributed by atoms with Crippen LogP contribution in [0.1, 0.15) is 41.2 Å². The average molecular weight is 390 g/mol. The van der Waals surface area contributed by atoms with Crippen molar-refractivity contribution in [2.75, 3.05) is 6.61 Å². The third-order valence-corrected chi connectivity index (χ3v) is 5.06. The van der Waals surface area contributed by atoms with Gasteiger partial charge in [-0.05, 0) is 17.5 Å². The predicted octanol–water partition coefficient (Wildman–Crippen LogP) is -0.363. The van der Waals surface area contributed by atoms with Gasteiger partial charge in [0.15, 0.2) is 0 Å². The van der Waals surface area contributed by atoms with Crippen LogP contribution >= 0.6 is 0 Å². The summed E-state index contributed by atoms with van der Waals surface area (Å²) in [5.41, 5.74) is 3.25. The number of aliphatic hydroxyl groups excluding tert-OH is 5. The van der Waals surface area contributed by atoms with Crippen LogP contribution in [0.5, 0.6) is 0 Å². The molecule has 0 aliphatic carbocycles. The fraction of sp³-hybridized carbons (Fsp3) is 0.500. The zero-order valence-electron chi connectivity index (χ0n) is 15.6. The molecule has 2 aromatic rings. The van der Waals surface area contributed by atoms with E-state index in [1.807, 2.05) is 24.3 Å². The molecule has 0 amide bonds. The molecule has 1 fully saturated rings. The molecule has 8 nitrogen and oxygen atoms in total. The molecule has 0 saturated carbocycles. The Balaban J connectivity index is 1.89. The van der Waals surface area contributed by atoms with E-state index < -0.39 is 43.7 Å². The van der Waals surface area contributed by atoms with Gasteiger partial charge in [-0.3, -0.25) is 9.97 Å². The number of aryl methyl sites for hydroxylation is 1. The Morgan fingerprint density at radius 3 is 2.25 bits per heavy atom. The Kier molecular flexibility index (Phi) is 6.71. The van der Waals surface area contributed by atoms with Crippen LogP contribution in [-0.2, 0) is 24.2 Å². The van der Waals surface area contributed by atoms with Crippen LogP contribution in [0.3, 0.4) is 0 Å². The van der Waals surface area contributed by atoms with Crippen LogP contribution < -0.4 is 0 Å². The van der Waals surface area contributed by atoms with E-state index in [0.29, 0.717) is 12.1 Å². The number of ether oxygens (including phenoxy) is 1. The van der Waals surface area contributed by atoms with Crippen LogP contribution in [0.2, 0.25) is 0 Å². The van der Waals surface area contributed by atoms with Gasteiger partial charge in [-0.2, -0.15) is 0 Å². The zero-order chi connectivity index (χ0) is 20.3. The fourth-order valence-corrected chi connectivity index (χ4v) is 3.33. The van der Waals surface area contributed by atoms with Crippen molar-refractivity contribution >= 4 is 0 Å². The van der Waals surface area contributed by atoms with E-state index in [0.717, 1.165) is 12.0 Å². The van der Waals surface area contributed by atoms with Gasteiger partial charge in [0.1, 0.15) is 30.5 Å². The van der Waals surface area contributed by atoms with Crippen LogP contribution in [0.25, 0.3) is 0 Å². The summed E-state index contributed by atoms with van der Waals surface area (Å²) in [6.07, 6.45) is -3.64. The number of benzene rings is 1. The molecule has 1 aromatic carbocycles. The highest BCUT2D eigenvalue weighted by Gasteiger charge is 2.45. The van der Waals surface area contributed by atoms with Crippen LogP contribution in [0.4, 0.5) is 0 Å². The van der Waals surface area contributed by atoms with Crippen molar-refractivity contribution in [3.8, 4) is 0 Å². The number of hydrogen-bond acceptors (Lipinski definition) is 8. The molecule has 152 valence electrons. The summed E-state index contributed by atoms with van der Waals surface area (Å²) < 4.78 is 5.57. The first-order chi connectivity index (χ1) is 13.5. The van der Waals surface area contributed by atoms with E-state index >= 15 is 0 Å². The van der Waals surface area contributed by atoms with E-state index in [9.17, 15) is 25.5 Å². The van der Waals surface area contributed by atoms with Crippen LogP contribution in [0, 0.1) is 0 Å². The maximum absolute atomic E-state index is 10.4. The number of aliphatic hydroxyl groups is 5. The summed E-state index contributed by atoms with van der Waals surface area (Å²) >= 11 is 0. The van der Waals surface area contributed by atoms with Crippen LogP contribution in [0.15, 0.2) is 30.5 Å². The molecule has 5 N–H and O–H groups in total. The topological polar surface area (TPSA) is 136 Å². The molecule has 0 spiro atoms. The molecule has 1 aliphatic rings. The van der Waals surface area contributed by atoms with Crippen molar-refractivity contribution in [3.63, 3.8) is 0 Å². The minimum atomic E-state index is -1.52. The number of nitrogens with zero attached hydrogens (tertiary/aromatic N) is 2. The minimum Gasteiger partial charge on any atom is -0.394 e. The van der Waals surface area contributed by atoms with Crippen molar-refractivity contribution in [2.24, 2.45) is 0 Å². The van der Waals surface area contributed by atoms with E-state index in [2.05, 4.69) is 16.9 Å². The second-order valence-electron chi connectivity index (χ2n) is 6.95. The van der Waals surface area contributed by atoms with Gasteiger partial charge >= 0.3 is 0 Å². The fourth-order valence-electron chi connectivity index (χ4n) is 3.33. The maximum Gasteiger partial charge on any atom is 0.130 e. The third-order valence-electron chi connectivity index (χ3n) is 5.06. The Morgan fingerprint density at radius 2 is 1.64 bits per heavy atom. The molecular formula is C20H26N2O6. The molecule has 0 unspecified atom stereocenters. The molecular weight excluding hydrogens is 364 g/mol. The molecule has 1 saturated heterocycles. The lowest BCUT2D eigenvalue weighted by Crippen LogP contribution is -2.55. The van der Waals surface area contributed by atoms with Gasteiger partial charge in [0.05, 0.1) is 30.3 Å². The van der Waals surface area contributed by atoms with Crippen molar-refractivity contribution in [1.29, 1.82) is 0 Å². The first kappa shape index (κ1) is 20.8. The first-order valence-corrected chi connectivity index (χ1v) is 9.32. The lowest BCUT2D eigenvalue weighted by molar-refractivity contribution is -0.233. The Bertz CT molecular complexity index is 783. The summed E-state index contributed by atoms with van der Waals surface area (Å²) in [7, 11) is 0. The molecule has 1 aliphatic heterocycles. The van der Waals surface area contributed by atoms with Gasteiger partial charge in [0, 0.05) is 12.6 Å². The van der Waals surface area contributed by atoms with Crippen LogP contribution in [-0.4, -0.2) is 66.5 Å². The number of rotatable bonds is 6. The van der Waals surface area contributed by atoms with Crippen molar-refractivity contribution < 1.29 is 30.3 Å². The number of aromatic nitrogens is 2. The van der Waals surface area contributed by atoms with Crippen molar-refractivity contribution in [3.05, 3.63) is 58.7 Å². The average Bonchev–Trinajstić information content (AvgIpc) is 2.73. The first-order valence-electron chi connectivity index (χ1n) is 9.32. The van der Waals surface area contributed by atoms with E-state index in [1.165, 1.54) is 5.56 Å². The summed E-state index contributed by atoms with van der Waals surface area (Å²) in [5, 5.41) is 49.4. The SMILES string of the molecule is CCc1ccc(Cc2cnc(CO)c([C@@H]3O[C@H](CO)[C@@H](O)[C@H](O)[C@H]3O)n2)cc1. The van der Waals surface area contributed by atoms with Gasteiger partial charge in [0.25, 0.3) is 0 Å². The van der Waals surface area contributed by atoms with Crippen molar-refractivity contribution in [2.45, 2.75) is 56.9 Å². The lowest BCUT2D eigenvalue weighted by Gasteiger charge is -2.40. The minimum absolute atomic E-state index is 0.182. The summed E-state index contributed by atoms with van der Waals surface area (Å²) in [4.78, 5) is 8.72. The van der Waals surface area contributed by atoms with Crippen molar-refractivity contribution in [1.82, 2.24) is 9.97 Å². The van der Waals surface area contributed by atoms with Gasteiger partial charge in [0.2, 0.25) is 0 Å². The van der Waals surface area contributed by atoms with E-state index in [1.54, 1.807) is 6.20 Å². The zero-order valence-corrected chi connectivity index (χ0v) is 15.6. The molecule has 0 bridgehead atoms. The molecule has 28 heavy (non-hydrogen) atoms. The molecule has 2 heterocycles. The summed E-state index contributed by atoms with van der Waals surface area (Å²) in [5.74, 6) is 0. The lowest BCUT2D eigenvalue weighted by atomic mass is 9.92. The summed E-state index contributed by atoms with van der Waals surface area (Å²) in [6.45, 7) is 1.12. The van der Waals surface area contributed by atoms with Gasteiger partial charge in [-0.25, -0.2) is 0 Å². The highest BCUT2D eigenvalue weighted by molar-refractivity contribution is 5.27. The van der Waals surface area contributed by atoms with Gasteiger partial charge in [-0.15, -0.1) is 0 Å². The second kappa shape index (κ2) is 9.04. The highest BCUT2D eigenvalue weighted by Crippen LogP contribution is 2.33. The third kappa shape index (κ3) is 4.22. The molecule has 3 rings (SSSR count). The quantitative estimate of drug-likeness (QED) is 0.451. The smallest absolute Gasteiger partial charge is 0.130 e. The number of hydrogen-bond donors (Lipinski definition) is 5. The largest absolute Gasteiger partial charge is 0.394 e. The van der Waals surface area contributed by atoms with E-state index in [4.69, 9.17) is 4.74 Å². The Hall–Kier alpha value is -1.94. The molecule has 5 atom stereocenters. The monoisotopic (exact) mass is 390 g/mol. The Labute approximate surface area is 163 Å². The second-order valence-corrected chi connectivity index (χ2v) is 6.95. The van der Waals surface area contributed by atoms with Gasteiger partial charge in [-0.1, -0.05) is 31.2 Å².